The highest BCUT2D eigenvalue weighted by molar-refractivity contribution is 7.90. The molecule has 0 bridgehead atoms. The lowest BCUT2D eigenvalue weighted by atomic mass is 10.2. The van der Waals surface area contributed by atoms with Crippen LogP contribution in [0.2, 0.25) is 0 Å². The van der Waals surface area contributed by atoms with Gasteiger partial charge in [0.1, 0.15) is 5.82 Å². The maximum Gasteiger partial charge on any atom is 0.152 e. The molecule has 0 spiro atoms. The molecular weight excluding hydrogens is 235 g/mol. The predicted octanol–water partition coefficient (Wildman–Crippen LogP) is 2.59. The van der Waals surface area contributed by atoms with E-state index in [2.05, 4.69) is 0 Å². The van der Waals surface area contributed by atoms with Crippen molar-refractivity contribution in [3.8, 4) is 0 Å². The molecule has 1 heterocycles. The van der Waals surface area contributed by atoms with Crippen molar-refractivity contribution in [2.24, 2.45) is 0 Å². The molecular formula is C10H9FO2S2. The van der Waals surface area contributed by atoms with Crippen LogP contribution >= 0.6 is 11.3 Å². The molecule has 0 fully saturated rings. The SMILES string of the molecule is CS(=O)(=O)Cc1cc2c(F)cccc2s1. The topological polar surface area (TPSA) is 34.1 Å². The number of fused-ring (bicyclic) bond motifs is 1. The first-order chi connectivity index (χ1) is 6.96. The molecule has 0 radical (unpaired) electrons. The highest BCUT2D eigenvalue weighted by Gasteiger charge is 2.10. The molecule has 1 aromatic heterocycles. The van der Waals surface area contributed by atoms with E-state index in [0.29, 0.717) is 10.3 Å². The summed E-state index contributed by atoms with van der Waals surface area (Å²) in [5, 5.41) is 0.501. The van der Waals surface area contributed by atoms with E-state index in [0.717, 1.165) is 4.70 Å². The fourth-order valence-corrected chi connectivity index (χ4v) is 3.76. The number of rotatable bonds is 2. The molecule has 0 saturated heterocycles. The molecule has 0 unspecified atom stereocenters. The Hall–Kier alpha value is -0.940. The second-order valence-corrected chi connectivity index (χ2v) is 6.74. The van der Waals surface area contributed by atoms with Crippen LogP contribution in [0.5, 0.6) is 0 Å². The normalized spacial score (nSPS) is 12.1. The van der Waals surface area contributed by atoms with Crippen LogP contribution in [-0.4, -0.2) is 14.7 Å². The average Bonchev–Trinajstić information content (AvgIpc) is 2.45. The van der Waals surface area contributed by atoms with Crippen molar-refractivity contribution in [1.29, 1.82) is 0 Å². The zero-order chi connectivity index (χ0) is 11.1. The van der Waals surface area contributed by atoms with Crippen molar-refractivity contribution in [3.63, 3.8) is 0 Å². The van der Waals surface area contributed by atoms with Crippen molar-refractivity contribution in [3.05, 3.63) is 35.0 Å². The Morgan fingerprint density at radius 3 is 2.73 bits per heavy atom. The summed E-state index contributed by atoms with van der Waals surface area (Å²) in [4.78, 5) is 0.678. The summed E-state index contributed by atoms with van der Waals surface area (Å²) in [6, 6.07) is 6.39. The van der Waals surface area contributed by atoms with Crippen molar-refractivity contribution >= 4 is 31.3 Å². The first kappa shape index (κ1) is 10.6. The van der Waals surface area contributed by atoms with Gasteiger partial charge in [-0.15, -0.1) is 11.3 Å². The summed E-state index contributed by atoms with van der Waals surface area (Å²) < 4.78 is 36.2. The van der Waals surface area contributed by atoms with Gasteiger partial charge in [0.2, 0.25) is 0 Å². The van der Waals surface area contributed by atoms with Crippen LogP contribution in [0.1, 0.15) is 4.88 Å². The summed E-state index contributed by atoms with van der Waals surface area (Å²) in [5.74, 6) is -0.324. The molecule has 0 atom stereocenters. The Labute approximate surface area is 91.3 Å². The van der Waals surface area contributed by atoms with Crippen LogP contribution in [-0.2, 0) is 15.6 Å². The Morgan fingerprint density at radius 2 is 2.13 bits per heavy atom. The third kappa shape index (κ3) is 2.35. The molecule has 0 N–H and O–H groups in total. The van der Waals surface area contributed by atoms with E-state index in [1.807, 2.05) is 0 Å². The zero-order valence-electron chi connectivity index (χ0n) is 8.03. The molecule has 0 aliphatic carbocycles. The smallest absolute Gasteiger partial charge is 0.152 e. The van der Waals surface area contributed by atoms with Gasteiger partial charge in [-0.2, -0.15) is 0 Å². The van der Waals surface area contributed by atoms with Crippen molar-refractivity contribution < 1.29 is 12.8 Å². The number of sulfone groups is 1. The minimum absolute atomic E-state index is 0.0220. The van der Waals surface area contributed by atoms with Crippen molar-refractivity contribution in [2.45, 2.75) is 5.75 Å². The second kappa shape index (κ2) is 3.57. The van der Waals surface area contributed by atoms with Gasteiger partial charge in [-0.25, -0.2) is 12.8 Å². The van der Waals surface area contributed by atoms with Crippen molar-refractivity contribution in [1.82, 2.24) is 0 Å². The first-order valence-corrected chi connectivity index (χ1v) is 7.18. The molecule has 1 aromatic carbocycles. The first-order valence-electron chi connectivity index (χ1n) is 4.30. The number of thiophene rings is 1. The van der Waals surface area contributed by atoms with E-state index in [4.69, 9.17) is 0 Å². The van der Waals surface area contributed by atoms with Gasteiger partial charge in [0.25, 0.3) is 0 Å². The van der Waals surface area contributed by atoms with Gasteiger partial charge < -0.3 is 0 Å². The summed E-state index contributed by atoms with van der Waals surface area (Å²) in [7, 11) is -3.05. The third-order valence-corrected chi connectivity index (χ3v) is 4.08. The summed E-state index contributed by atoms with van der Waals surface area (Å²) in [6.45, 7) is 0. The molecule has 0 amide bonds. The predicted molar refractivity (Wildman–Crippen MR) is 60.3 cm³/mol. The second-order valence-electron chi connectivity index (χ2n) is 3.43. The molecule has 0 saturated carbocycles. The number of benzene rings is 1. The molecule has 5 heteroatoms. The van der Waals surface area contributed by atoms with Crippen LogP contribution in [0, 0.1) is 5.82 Å². The Kier molecular flexibility index (Phi) is 2.52. The van der Waals surface area contributed by atoms with Gasteiger partial charge in [-0.1, -0.05) is 6.07 Å². The minimum atomic E-state index is -3.05. The van der Waals surface area contributed by atoms with Gasteiger partial charge in [0.15, 0.2) is 9.84 Å². The summed E-state index contributed by atoms with van der Waals surface area (Å²) in [5.41, 5.74) is 0. The monoisotopic (exact) mass is 244 g/mol. The quantitative estimate of drug-likeness (QED) is 0.813. The maximum atomic E-state index is 13.3. The zero-order valence-corrected chi connectivity index (χ0v) is 9.66. The van der Waals surface area contributed by atoms with E-state index in [9.17, 15) is 12.8 Å². The Bertz CT molecular complexity index is 599. The lowest BCUT2D eigenvalue weighted by Crippen LogP contribution is -1.98. The number of hydrogen-bond acceptors (Lipinski definition) is 3. The van der Waals surface area contributed by atoms with E-state index >= 15 is 0 Å². The number of halogens is 1. The molecule has 2 nitrogen and oxygen atoms in total. The van der Waals surface area contributed by atoms with Crippen LogP contribution in [0.3, 0.4) is 0 Å². The van der Waals surface area contributed by atoms with Gasteiger partial charge in [0.05, 0.1) is 5.75 Å². The van der Waals surface area contributed by atoms with E-state index in [-0.39, 0.29) is 11.6 Å². The molecule has 0 aliphatic rings. The Balaban J connectivity index is 2.53. The molecule has 0 aliphatic heterocycles. The average molecular weight is 244 g/mol. The fourth-order valence-electron chi connectivity index (χ4n) is 1.41. The molecule has 2 aromatic rings. The number of hydrogen-bond donors (Lipinski definition) is 0. The van der Waals surface area contributed by atoms with Crippen molar-refractivity contribution in [2.75, 3.05) is 6.26 Å². The van der Waals surface area contributed by atoms with E-state index in [1.54, 1.807) is 18.2 Å². The van der Waals surface area contributed by atoms with E-state index < -0.39 is 9.84 Å². The van der Waals surface area contributed by atoms with Gasteiger partial charge in [-0.3, -0.25) is 0 Å². The standard InChI is InChI=1S/C10H9FO2S2/c1-15(12,13)6-7-5-8-9(11)3-2-4-10(8)14-7/h2-5H,6H2,1H3. The lowest BCUT2D eigenvalue weighted by Gasteiger charge is -1.91. The van der Waals surface area contributed by atoms with Gasteiger partial charge >= 0.3 is 0 Å². The highest BCUT2D eigenvalue weighted by Crippen LogP contribution is 2.28. The minimum Gasteiger partial charge on any atom is -0.229 e. The van der Waals surface area contributed by atoms with Crippen LogP contribution in [0.15, 0.2) is 24.3 Å². The van der Waals surface area contributed by atoms with Gasteiger partial charge in [-0.05, 0) is 18.2 Å². The van der Waals surface area contributed by atoms with E-state index in [1.165, 1.54) is 23.7 Å². The molecule has 80 valence electrons. The van der Waals surface area contributed by atoms with Crippen LogP contribution in [0.25, 0.3) is 10.1 Å². The van der Waals surface area contributed by atoms with Crippen LogP contribution < -0.4 is 0 Å². The van der Waals surface area contributed by atoms with Gasteiger partial charge in [0, 0.05) is 21.2 Å². The van der Waals surface area contributed by atoms with Crippen LogP contribution in [0.4, 0.5) is 4.39 Å². The molecule has 15 heavy (non-hydrogen) atoms. The molecule has 2 rings (SSSR count). The summed E-state index contributed by atoms with van der Waals surface area (Å²) in [6.07, 6.45) is 1.17. The Morgan fingerprint density at radius 1 is 1.40 bits per heavy atom. The fraction of sp³-hybridized carbons (Fsp3) is 0.200. The third-order valence-electron chi connectivity index (χ3n) is 1.96. The summed E-state index contributed by atoms with van der Waals surface area (Å²) >= 11 is 1.32. The highest BCUT2D eigenvalue weighted by atomic mass is 32.2. The largest absolute Gasteiger partial charge is 0.229 e. The maximum absolute atomic E-state index is 13.3. The lowest BCUT2D eigenvalue weighted by molar-refractivity contribution is 0.601.